The van der Waals surface area contributed by atoms with Crippen LogP contribution >= 0.6 is 0 Å². The highest BCUT2D eigenvalue weighted by Gasteiger charge is 2.34. The molecule has 26 heavy (non-hydrogen) atoms. The van der Waals surface area contributed by atoms with Gasteiger partial charge in [0.15, 0.2) is 5.84 Å². The minimum atomic E-state index is -3.62. The Balaban J connectivity index is 1.65. The SMILES string of the molecule is CN(C[C@@H]1CCN(C(=O)OC(C)(C)C)C1)C1=NS(=O)(=O)c2ccccc21. The first-order valence-electron chi connectivity index (χ1n) is 8.70. The lowest BCUT2D eigenvalue weighted by Crippen LogP contribution is -2.37. The Hall–Kier alpha value is -2.09. The van der Waals surface area contributed by atoms with Crippen LogP contribution < -0.4 is 0 Å². The lowest BCUT2D eigenvalue weighted by molar-refractivity contribution is 0.0287. The highest BCUT2D eigenvalue weighted by molar-refractivity contribution is 7.90. The number of carbonyl (C=O) groups excluding carboxylic acids is 1. The van der Waals surface area contributed by atoms with Crippen LogP contribution in [0.1, 0.15) is 32.8 Å². The topological polar surface area (TPSA) is 79.3 Å². The summed E-state index contributed by atoms with van der Waals surface area (Å²) < 4.78 is 33.8. The highest BCUT2D eigenvalue weighted by Crippen LogP contribution is 2.28. The molecule has 0 unspecified atom stereocenters. The van der Waals surface area contributed by atoms with E-state index in [1.165, 1.54) is 0 Å². The fourth-order valence-electron chi connectivity index (χ4n) is 3.31. The summed E-state index contributed by atoms with van der Waals surface area (Å²) in [5, 5.41) is 0. The largest absolute Gasteiger partial charge is 0.444 e. The fourth-order valence-corrected chi connectivity index (χ4v) is 4.56. The molecule has 1 atom stereocenters. The van der Waals surface area contributed by atoms with Crippen LogP contribution in [0.3, 0.4) is 0 Å². The Bertz CT molecular complexity index is 842. The number of likely N-dealkylation sites (tertiary alicyclic amines) is 1. The van der Waals surface area contributed by atoms with Crippen molar-refractivity contribution in [2.45, 2.75) is 37.7 Å². The highest BCUT2D eigenvalue weighted by atomic mass is 32.2. The van der Waals surface area contributed by atoms with Gasteiger partial charge in [-0.3, -0.25) is 0 Å². The molecule has 1 aromatic carbocycles. The molecule has 0 N–H and O–H groups in total. The first-order valence-corrected chi connectivity index (χ1v) is 10.1. The molecule has 2 heterocycles. The zero-order valence-electron chi connectivity index (χ0n) is 15.6. The van der Waals surface area contributed by atoms with E-state index in [0.717, 1.165) is 6.42 Å². The summed E-state index contributed by atoms with van der Waals surface area (Å²) in [5.74, 6) is 0.710. The molecule has 1 fully saturated rings. The van der Waals surface area contributed by atoms with Crippen molar-refractivity contribution in [2.24, 2.45) is 10.3 Å². The number of sulfonamides is 1. The smallest absolute Gasteiger partial charge is 0.410 e. The van der Waals surface area contributed by atoms with Gasteiger partial charge in [-0.2, -0.15) is 8.42 Å². The molecule has 1 saturated heterocycles. The number of fused-ring (bicyclic) bond motifs is 1. The van der Waals surface area contributed by atoms with Gasteiger partial charge < -0.3 is 14.5 Å². The monoisotopic (exact) mass is 379 g/mol. The van der Waals surface area contributed by atoms with Crippen molar-refractivity contribution in [1.82, 2.24) is 9.80 Å². The predicted molar refractivity (Wildman–Crippen MR) is 98.7 cm³/mol. The van der Waals surface area contributed by atoms with Gasteiger partial charge in [-0.15, -0.1) is 4.40 Å². The number of carbonyl (C=O) groups is 1. The van der Waals surface area contributed by atoms with E-state index in [4.69, 9.17) is 4.74 Å². The van der Waals surface area contributed by atoms with Gasteiger partial charge in [0, 0.05) is 32.2 Å². The van der Waals surface area contributed by atoms with E-state index in [2.05, 4.69) is 4.40 Å². The number of hydrogen-bond acceptors (Lipinski definition) is 5. The zero-order valence-corrected chi connectivity index (χ0v) is 16.4. The van der Waals surface area contributed by atoms with Crippen molar-refractivity contribution < 1.29 is 17.9 Å². The van der Waals surface area contributed by atoms with Gasteiger partial charge in [-0.25, -0.2) is 4.79 Å². The molecule has 0 bridgehead atoms. The van der Waals surface area contributed by atoms with Gasteiger partial charge in [0.25, 0.3) is 10.0 Å². The van der Waals surface area contributed by atoms with E-state index in [1.54, 1.807) is 23.1 Å². The third kappa shape index (κ3) is 3.85. The van der Waals surface area contributed by atoms with E-state index in [1.807, 2.05) is 38.8 Å². The van der Waals surface area contributed by atoms with Crippen molar-refractivity contribution in [3.63, 3.8) is 0 Å². The molecule has 0 aliphatic carbocycles. The van der Waals surface area contributed by atoms with Gasteiger partial charge in [0.05, 0.1) is 0 Å². The first kappa shape index (κ1) is 18.7. The minimum Gasteiger partial charge on any atom is -0.444 e. The molecule has 0 saturated carbocycles. The molecule has 7 nitrogen and oxygen atoms in total. The van der Waals surface area contributed by atoms with E-state index >= 15 is 0 Å². The molecule has 142 valence electrons. The molecule has 1 amide bonds. The van der Waals surface area contributed by atoms with Gasteiger partial charge in [-0.05, 0) is 45.2 Å². The summed E-state index contributed by atoms with van der Waals surface area (Å²) >= 11 is 0. The molecule has 1 aromatic rings. The van der Waals surface area contributed by atoms with E-state index in [9.17, 15) is 13.2 Å². The van der Waals surface area contributed by atoms with Crippen molar-refractivity contribution in [3.8, 4) is 0 Å². The lowest BCUT2D eigenvalue weighted by atomic mass is 10.1. The predicted octanol–water partition coefficient (Wildman–Crippen LogP) is 2.32. The van der Waals surface area contributed by atoms with Gasteiger partial charge in [0.2, 0.25) is 0 Å². The van der Waals surface area contributed by atoms with Crippen LogP contribution in [0.5, 0.6) is 0 Å². The summed E-state index contributed by atoms with van der Waals surface area (Å²) in [6.07, 6.45) is 0.555. The van der Waals surface area contributed by atoms with Crippen LogP contribution in [-0.4, -0.2) is 62.4 Å². The third-order valence-corrected chi connectivity index (χ3v) is 5.77. The van der Waals surface area contributed by atoms with Crippen LogP contribution in [0.4, 0.5) is 4.79 Å². The quantitative estimate of drug-likeness (QED) is 0.788. The maximum Gasteiger partial charge on any atom is 0.410 e. The Morgan fingerprint density at radius 2 is 2.04 bits per heavy atom. The number of hydrogen-bond donors (Lipinski definition) is 0. The normalized spacial score (nSPS) is 21.3. The molecule has 2 aliphatic rings. The number of amidine groups is 1. The Labute approximate surface area is 154 Å². The Morgan fingerprint density at radius 3 is 2.73 bits per heavy atom. The third-order valence-electron chi connectivity index (χ3n) is 4.44. The van der Waals surface area contributed by atoms with Crippen molar-refractivity contribution in [1.29, 1.82) is 0 Å². The molecule has 0 radical (unpaired) electrons. The second-order valence-corrected chi connectivity index (χ2v) is 9.42. The van der Waals surface area contributed by atoms with Crippen molar-refractivity contribution in [2.75, 3.05) is 26.7 Å². The maximum absolute atomic E-state index is 12.2. The second-order valence-electron chi connectivity index (χ2n) is 7.85. The molecule has 3 rings (SSSR count). The number of benzene rings is 1. The van der Waals surface area contributed by atoms with E-state index < -0.39 is 15.6 Å². The summed E-state index contributed by atoms with van der Waals surface area (Å²) in [5.41, 5.74) is 0.125. The van der Waals surface area contributed by atoms with Crippen LogP contribution in [0.15, 0.2) is 33.6 Å². The number of ether oxygens (including phenoxy) is 1. The molecule has 2 aliphatic heterocycles. The number of nitrogens with zero attached hydrogens (tertiary/aromatic N) is 3. The maximum atomic E-state index is 12.2. The molecular formula is C18H25N3O4S. The Morgan fingerprint density at radius 1 is 1.35 bits per heavy atom. The Kier molecular flexibility index (Phi) is 4.72. The average molecular weight is 379 g/mol. The number of amides is 1. The lowest BCUT2D eigenvalue weighted by Gasteiger charge is -2.25. The zero-order chi connectivity index (χ0) is 19.1. The van der Waals surface area contributed by atoms with Gasteiger partial charge >= 0.3 is 6.09 Å². The molecule has 8 heteroatoms. The standard InChI is InChI=1S/C18H25N3O4S/c1-18(2,3)25-17(22)21-10-9-13(12-21)11-20(4)16-14-7-5-6-8-15(14)26(23,24)19-16/h5-8,13H,9-12H2,1-4H3/t13-/m0/s1. The summed E-state index contributed by atoms with van der Waals surface area (Å²) in [6, 6.07) is 6.86. The fraction of sp³-hybridized carbons (Fsp3) is 0.556. The summed E-state index contributed by atoms with van der Waals surface area (Å²) in [6.45, 7) is 7.42. The molecular weight excluding hydrogens is 354 g/mol. The summed E-state index contributed by atoms with van der Waals surface area (Å²) in [7, 11) is -1.78. The van der Waals surface area contributed by atoms with Crippen LogP contribution in [0.2, 0.25) is 0 Å². The summed E-state index contributed by atoms with van der Waals surface area (Å²) in [4.78, 5) is 16.0. The average Bonchev–Trinajstić information content (AvgIpc) is 3.09. The molecule has 0 spiro atoms. The molecule has 0 aromatic heterocycles. The van der Waals surface area contributed by atoms with E-state index in [0.29, 0.717) is 31.0 Å². The van der Waals surface area contributed by atoms with Crippen molar-refractivity contribution >= 4 is 22.0 Å². The second kappa shape index (κ2) is 6.57. The number of rotatable bonds is 2. The minimum absolute atomic E-state index is 0.241. The van der Waals surface area contributed by atoms with Gasteiger partial charge in [-0.1, -0.05) is 12.1 Å². The van der Waals surface area contributed by atoms with Crippen LogP contribution in [0.25, 0.3) is 0 Å². The van der Waals surface area contributed by atoms with Crippen molar-refractivity contribution in [3.05, 3.63) is 29.8 Å². The van der Waals surface area contributed by atoms with E-state index in [-0.39, 0.29) is 16.9 Å². The van der Waals surface area contributed by atoms with Crippen LogP contribution in [0, 0.1) is 5.92 Å². The van der Waals surface area contributed by atoms with Crippen LogP contribution in [-0.2, 0) is 14.8 Å². The first-order chi connectivity index (χ1) is 12.1. The van der Waals surface area contributed by atoms with Gasteiger partial charge in [0.1, 0.15) is 10.5 Å².